The van der Waals surface area contributed by atoms with Gasteiger partial charge in [0.15, 0.2) is 0 Å². The fourth-order valence-electron chi connectivity index (χ4n) is 1.48. The zero-order chi connectivity index (χ0) is 8.65. The van der Waals surface area contributed by atoms with Gasteiger partial charge in [-0.3, -0.25) is 0 Å². The van der Waals surface area contributed by atoms with Crippen molar-refractivity contribution in [3.05, 3.63) is 0 Å². The molecule has 2 N–H and O–H groups in total. The molecular weight excluding hydrogens is 138 g/mol. The first-order valence-electron chi connectivity index (χ1n) is 4.35. The van der Waals surface area contributed by atoms with Crippen LogP contribution in [0, 0.1) is 5.41 Å². The second kappa shape index (κ2) is 2.76. The van der Waals surface area contributed by atoms with E-state index in [1.165, 1.54) is 0 Å². The molecule has 11 heavy (non-hydrogen) atoms. The first-order chi connectivity index (χ1) is 4.94. The lowest BCUT2D eigenvalue weighted by Gasteiger charge is -2.50. The molecule has 1 rings (SSSR count). The number of hydrogen-bond donors (Lipinski definition) is 1. The Morgan fingerprint density at radius 3 is 2.27 bits per heavy atom. The van der Waals surface area contributed by atoms with E-state index in [4.69, 9.17) is 10.5 Å². The Labute approximate surface area is 69.1 Å². The second-order valence-electron chi connectivity index (χ2n) is 4.34. The lowest BCUT2D eigenvalue weighted by Crippen LogP contribution is -2.59. The summed E-state index contributed by atoms with van der Waals surface area (Å²) in [4.78, 5) is 0. The van der Waals surface area contributed by atoms with Gasteiger partial charge < -0.3 is 10.5 Å². The highest BCUT2D eigenvalue weighted by Gasteiger charge is 2.47. The molecule has 0 bridgehead atoms. The van der Waals surface area contributed by atoms with Gasteiger partial charge in [0.05, 0.1) is 12.2 Å². The molecule has 0 saturated heterocycles. The smallest absolute Gasteiger partial charge is 0.0659 e. The van der Waals surface area contributed by atoms with E-state index in [0.717, 1.165) is 6.42 Å². The molecule has 0 aromatic carbocycles. The van der Waals surface area contributed by atoms with E-state index in [2.05, 4.69) is 27.7 Å². The van der Waals surface area contributed by atoms with Crippen molar-refractivity contribution in [1.82, 2.24) is 0 Å². The Hall–Kier alpha value is -0.0800. The summed E-state index contributed by atoms with van der Waals surface area (Å²) in [6, 6.07) is 0.325. The predicted octanol–water partition coefficient (Wildman–Crippen LogP) is 1.54. The first-order valence-corrected chi connectivity index (χ1v) is 4.35. The van der Waals surface area contributed by atoms with Gasteiger partial charge in [-0.05, 0) is 20.3 Å². The molecule has 1 fully saturated rings. The SMILES string of the molecule is CC(C)O[C@@H]1C[C@@H](N)C1(C)C. The zero-order valence-electron chi connectivity index (χ0n) is 7.92. The van der Waals surface area contributed by atoms with Crippen LogP contribution in [0.15, 0.2) is 0 Å². The van der Waals surface area contributed by atoms with Crippen LogP contribution in [-0.2, 0) is 4.74 Å². The van der Waals surface area contributed by atoms with Crippen LogP contribution < -0.4 is 5.73 Å². The predicted molar refractivity (Wildman–Crippen MR) is 46.4 cm³/mol. The van der Waals surface area contributed by atoms with E-state index < -0.39 is 0 Å². The molecule has 0 spiro atoms. The maximum atomic E-state index is 5.84. The maximum absolute atomic E-state index is 5.84. The van der Waals surface area contributed by atoms with Gasteiger partial charge >= 0.3 is 0 Å². The third kappa shape index (κ3) is 1.57. The lowest BCUT2D eigenvalue weighted by atomic mass is 9.65. The van der Waals surface area contributed by atoms with Crippen molar-refractivity contribution in [2.75, 3.05) is 0 Å². The first kappa shape index (κ1) is 9.01. The molecule has 2 nitrogen and oxygen atoms in total. The molecule has 1 aliphatic rings. The summed E-state index contributed by atoms with van der Waals surface area (Å²) in [7, 11) is 0. The van der Waals surface area contributed by atoms with Crippen molar-refractivity contribution in [2.24, 2.45) is 11.1 Å². The van der Waals surface area contributed by atoms with Crippen molar-refractivity contribution in [3.8, 4) is 0 Å². The molecule has 0 amide bonds. The minimum Gasteiger partial charge on any atom is -0.375 e. The third-order valence-corrected chi connectivity index (χ3v) is 2.69. The Morgan fingerprint density at radius 1 is 1.45 bits per heavy atom. The number of hydrogen-bond acceptors (Lipinski definition) is 2. The van der Waals surface area contributed by atoms with Crippen molar-refractivity contribution in [1.29, 1.82) is 0 Å². The molecule has 0 aromatic rings. The Kier molecular flexibility index (Phi) is 2.26. The van der Waals surface area contributed by atoms with Crippen LogP contribution in [0.5, 0.6) is 0 Å². The van der Waals surface area contributed by atoms with Crippen LogP contribution in [0.25, 0.3) is 0 Å². The topological polar surface area (TPSA) is 35.2 Å². The minimum atomic E-state index is 0.185. The summed E-state index contributed by atoms with van der Waals surface area (Å²) in [5, 5.41) is 0. The van der Waals surface area contributed by atoms with E-state index in [0.29, 0.717) is 18.2 Å². The van der Waals surface area contributed by atoms with Crippen LogP contribution in [-0.4, -0.2) is 18.2 Å². The second-order valence-corrected chi connectivity index (χ2v) is 4.34. The van der Waals surface area contributed by atoms with Crippen LogP contribution in [0.3, 0.4) is 0 Å². The maximum Gasteiger partial charge on any atom is 0.0659 e. The molecule has 2 heteroatoms. The van der Waals surface area contributed by atoms with Gasteiger partial charge in [0.1, 0.15) is 0 Å². The highest BCUT2D eigenvalue weighted by molar-refractivity contribution is 5.00. The van der Waals surface area contributed by atoms with Crippen LogP contribution in [0.2, 0.25) is 0 Å². The molecule has 66 valence electrons. The Bertz CT molecular complexity index is 142. The van der Waals surface area contributed by atoms with Gasteiger partial charge in [-0.2, -0.15) is 0 Å². The minimum absolute atomic E-state index is 0.185. The zero-order valence-corrected chi connectivity index (χ0v) is 7.92. The number of ether oxygens (including phenoxy) is 1. The lowest BCUT2D eigenvalue weighted by molar-refractivity contribution is -0.130. The van der Waals surface area contributed by atoms with Crippen LogP contribution >= 0.6 is 0 Å². The molecule has 2 atom stereocenters. The van der Waals surface area contributed by atoms with Gasteiger partial charge in [0, 0.05) is 11.5 Å². The number of nitrogens with two attached hydrogens (primary N) is 1. The molecule has 1 aliphatic carbocycles. The van der Waals surface area contributed by atoms with Gasteiger partial charge in [0.25, 0.3) is 0 Å². The summed E-state index contributed by atoms with van der Waals surface area (Å²) in [5.41, 5.74) is 6.03. The van der Waals surface area contributed by atoms with E-state index >= 15 is 0 Å². The fraction of sp³-hybridized carbons (Fsp3) is 1.00. The highest BCUT2D eigenvalue weighted by atomic mass is 16.5. The van der Waals surface area contributed by atoms with Gasteiger partial charge in [-0.15, -0.1) is 0 Å². The van der Waals surface area contributed by atoms with Crippen molar-refractivity contribution in [3.63, 3.8) is 0 Å². The summed E-state index contributed by atoms with van der Waals surface area (Å²) in [6.45, 7) is 8.49. The van der Waals surface area contributed by atoms with E-state index in [9.17, 15) is 0 Å². The summed E-state index contributed by atoms with van der Waals surface area (Å²) in [6.07, 6.45) is 1.72. The normalized spacial score (nSPS) is 35.5. The van der Waals surface area contributed by atoms with E-state index in [1.54, 1.807) is 0 Å². The Balaban J connectivity index is 2.40. The molecule has 0 aliphatic heterocycles. The molecular formula is C9H19NO. The summed E-state index contributed by atoms with van der Waals surface area (Å²) in [5.74, 6) is 0. The van der Waals surface area contributed by atoms with Gasteiger partial charge in [0.2, 0.25) is 0 Å². The standard InChI is InChI=1S/C9H19NO/c1-6(2)11-8-5-7(10)9(8,3)4/h6-8H,5,10H2,1-4H3/t7-,8-/m1/s1. The fourth-order valence-corrected chi connectivity index (χ4v) is 1.48. The highest BCUT2D eigenvalue weighted by Crippen LogP contribution is 2.41. The largest absolute Gasteiger partial charge is 0.375 e. The summed E-state index contributed by atoms with van der Waals surface area (Å²) >= 11 is 0. The monoisotopic (exact) mass is 157 g/mol. The molecule has 0 aromatic heterocycles. The molecule has 1 saturated carbocycles. The van der Waals surface area contributed by atoms with E-state index in [-0.39, 0.29) is 5.41 Å². The van der Waals surface area contributed by atoms with E-state index in [1.807, 2.05) is 0 Å². The average Bonchev–Trinajstić information content (AvgIpc) is 1.87. The van der Waals surface area contributed by atoms with Crippen molar-refractivity contribution < 1.29 is 4.74 Å². The van der Waals surface area contributed by atoms with Crippen molar-refractivity contribution >= 4 is 0 Å². The van der Waals surface area contributed by atoms with Crippen LogP contribution in [0.1, 0.15) is 34.1 Å². The third-order valence-electron chi connectivity index (χ3n) is 2.69. The van der Waals surface area contributed by atoms with Crippen molar-refractivity contribution in [2.45, 2.75) is 52.4 Å². The molecule has 0 heterocycles. The van der Waals surface area contributed by atoms with Gasteiger partial charge in [-0.1, -0.05) is 13.8 Å². The van der Waals surface area contributed by atoms with Gasteiger partial charge in [-0.25, -0.2) is 0 Å². The number of rotatable bonds is 2. The quantitative estimate of drug-likeness (QED) is 0.660. The van der Waals surface area contributed by atoms with Crippen LogP contribution in [0.4, 0.5) is 0 Å². The Morgan fingerprint density at radius 2 is 2.00 bits per heavy atom. The molecule has 0 radical (unpaired) electrons. The average molecular weight is 157 g/mol. The summed E-state index contributed by atoms with van der Waals surface area (Å²) < 4.78 is 5.69. The molecule has 0 unspecified atom stereocenters.